The van der Waals surface area contributed by atoms with Crippen molar-refractivity contribution in [2.45, 2.75) is 18.3 Å². The van der Waals surface area contributed by atoms with Crippen molar-refractivity contribution in [3.8, 4) is 0 Å². The lowest BCUT2D eigenvalue weighted by molar-refractivity contribution is 0.0543. The van der Waals surface area contributed by atoms with E-state index in [1.54, 1.807) is 12.4 Å². The molecule has 1 aliphatic rings. The molecule has 1 N–H and O–H groups in total. The van der Waals surface area contributed by atoms with Gasteiger partial charge in [-0.05, 0) is 36.6 Å². The molecule has 1 aromatic carbocycles. The van der Waals surface area contributed by atoms with Crippen LogP contribution in [0.5, 0.6) is 0 Å². The van der Waals surface area contributed by atoms with Gasteiger partial charge in [0.25, 0.3) is 0 Å². The fourth-order valence-corrected chi connectivity index (χ4v) is 3.19. The molecule has 3 rings (SSSR count). The molecule has 21 heavy (non-hydrogen) atoms. The monoisotopic (exact) mass is 347 g/mol. The van der Waals surface area contributed by atoms with E-state index in [1.807, 2.05) is 6.07 Å². The topological polar surface area (TPSA) is 47.0 Å². The molecule has 0 saturated carbocycles. The van der Waals surface area contributed by atoms with Crippen molar-refractivity contribution < 1.29 is 4.74 Å². The highest BCUT2D eigenvalue weighted by Crippen LogP contribution is 2.36. The molecule has 0 atom stereocenters. The second-order valence-corrected chi connectivity index (χ2v) is 6.24. The van der Waals surface area contributed by atoms with Crippen LogP contribution in [0.2, 0.25) is 0 Å². The summed E-state index contributed by atoms with van der Waals surface area (Å²) in [5.41, 5.74) is 1.41. The SMILES string of the molecule is Brc1cccc(C2(CNc3ncccn3)CCOCC2)c1. The Bertz CT molecular complexity index is 585. The summed E-state index contributed by atoms with van der Waals surface area (Å²) in [6.45, 7) is 2.41. The maximum atomic E-state index is 5.56. The lowest BCUT2D eigenvalue weighted by Gasteiger charge is -2.38. The highest BCUT2D eigenvalue weighted by atomic mass is 79.9. The quantitative estimate of drug-likeness (QED) is 0.920. The number of aromatic nitrogens is 2. The van der Waals surface area contributed by atoms with E-state index in [1.165, 1.54) is 5.56 Å². The van der Waals surface area contributed by atoms with Crippen LogP contribution in [0.3, 0.4) is 0 Å². The van der Waals surface area contributed by atoms with E-state index in [2.05, 4.69) is 55.5 Å². The second-order valence-electron chi connectivity index (χ2n) is 5.33. The van der Waals surface area contributed by atoms with Crippen molar-refractivity contribution >= 4 is 21.9 Å². The molecule has 0 unspecified atom stereocenters. The average molecular weight is 348 g/mol. The zero-order chi connectivity index (χ0) is 14.5. The van der Waals surface area contributed by atoms with Gasteiger partial charge in [0.05, 0.1) is 0 Å². The van der Waals surface area contributed by atoms with Crippen LogP contribution in [0, 0.1) is 0 Å². The summed E-state index contributed by atoms with van der Waals surface area (Å²) < 4.78 is 6.67. The smallest absolute Gasteiger partial charge is 0.222 e. The lowest BCUT2D eigenvalue weighted by atomic mass is 9.74. The molecule has 0 bridgehead atoms. The molecule has 2 aromatic rings. The molecule has 2 heterocycles. The molecular formula is C16H18BrN3O. The summed E-state index contributed by atoms with van der Waals surface area (Å²) in [4.78, 5) is 8.49. The minimum atomic E-state index is 0.0707. The van der Waals surface area contributed by atoms with E-state index in [0.717, 1.165) is 37.1 Å². The van der Waals surface area contributed by atoms with E-state index in [-0.39, 0.29) is 5.41 Å². The number of nitrogens with zero attached hydrogens (tertiary/aromatic N) is 2. The van der Waals surface area contributed by atoms with E-state index >= 15 is 0 Å². The van der Waals surface area contributed by atoms with Crippen molar-refractivity contribution in [2.24, 2.45) is 0 Å². The van der Waals surface area contributed by atoms with Crippen LogP contribution in [-0.4, -0.2) is 29.7 Å². The van der Waals surface area contributed by atoms with Gasteiger partial charge in [0, 0.05) is 42.0 Å². The molecule has 1 saturated heterocycles. The van der Waals surface area contributed by atoms with Gasteiger partial charge in [0.2, 0.25) is 5.95 Å². The van der Waals surface area contributed by atoms with Gasteiger partial charge in [0.1, 0.15) is 0 Å². The van der Waals surface area contributed by atoms with Gasteiger partial charge in [-0.3, -0.25) is 0 Å². The van der Waals surface area contributed by atoms with E-state index < -0.39 is 0 Å². The highest BCUT2D eigenvalue weighted by molar-refractivity contribution is 9.10. The second kappa shape index (κ2) is 6.54. The van der Waals surface area contributed by atoms with Crippen molar-refractivity contribution in [2.75, 3.05) is 25.1 Å². The van der Waals surface area contributed by atoms with Gasteiger partial charge in [-0.15, -0.1) is 0 Å². The van der Waals surface area contributed by atoms with Crippen LogP contribution in [0.1, 0.15) is 18.4 Å². The molecule has 1 aliphatic heterocycles. The first kappa shape index (κ1) is 14.5. The number of rotatable bonds is 4. The number of nitrogens with one attached hydrogen (secondary N) is 1. The fourth-order valence-electron chi connectivity index (χ4n) is 2.79. The van der Waals surface area contributed by atoms with Gasteiger partial charge < -0.3 is 10.1 Å². The summed E-state index contributed by atoms with van der Waals surface area (Å²) in [5, 5.41) is 3.38. The summed E-state index contributed by atoms with van der Waals surface area (Å²) in [5.74, 6) is 0.679. The first-order valence-electron chi connectivity index (χ1n) is 7.13. The molecular weight excluding hydrogens is 330 g/mol. The zero-order valence-corrected chi connectivity index (χ0v) is 13.3. The normalized spacial score (nSPS) is 17.4. The highest BCUT2D eigenvalue weighted by Gasteiger charge is 2.34. The number of halogens is 1. The van der Waals surface area contributed by atoms with Gasteiger partial charge >= 0.3 is 0 Å². The van der Waals surface area contributed by atoms with Crippen molar-refractivity contribution in [1.82, 2.24) is 9.97 Å². The van der Waals surface area contributed by atoms with E-state index in [4.69, 9.17) is 4.74 Å². The van der Waals surface area contributed by atoms with Crippen LogP contribution in [0.4, 0.5) is 5.95 Å². The average Bonchev–Trinajstić information content (AvgIpc) is 2.55. The van der Waals surface area contributed by atoms with Crippen LogP contribution in [0.25, 0.3) is 0 Å². The predicted octanol–water partition coefficient (Wildman–Crippen LogP) is 3.40. The number of ether oxygens (including phenoxy) is 1. The Hall–Kier alpha value is -1.46. The Morgan fingerprint density at radius 3 is 2.62 bits per heavy atom. The van der Waals surface area contributed by atoms with Crippen LogP contribution >= 0.6 is 15.9 Å². The fraction of sp³-hybridized carbons (Fsp3) is 0.375. The first-order chi connectivity index (χ1) is 10.3. The van der Waals surface area contributed by atoms with Gasteiger partial charge in [-0.2, -0.15) is 0 Å². The summed E-state index contributed by atoms with van der Waals surface area (Å²) in [6, 6.07) is 10.4. The van der Waals surface area contributed by atoms with E-state index in [0.29, 0.717) is 5.95 Å². The van der Waals surface area contributed by atoms with Crippen LogP contribution in [0.15, 0.2) is 47.2 Å². The molecule has 0 radical (unpaired) electrons. The van der Waals surface area contributed by atoms with Crippen LogP contribution < -0.4 is 5.32 Å². The Kier molecular flexibility index (Phi) is 4.51. The Morgan fingerprint density at radius 1 is 1.14 bits per heavy atom. The van der Waals surface area contributed by atoms with Crippen molar-refractivity contribution in [3.63, 3.8) is 0 Å². The van der Waals surface area contributed by atoms with Crippen molar-refractivity contribution in [3.05, 3.63) is 52.8 Å². The minimum Gasteiger partial charge on any atom is -0.381 e. The maximum absolute atomic E-state index is 5.56. The molecule has 4 nitrogen and oxygen atoms in total. The predicted molar refractivity (Wildman–Crippen MR) is 86.4 cm³/mol. The standard InChI is InChI=1S/C16H18BrN3O/c17-14-4-1-3-13(11-14)16(5-9-21-10-6-16)12-20-15-18-7-2-8-19-15/h1-4,7-8,11H,5-6,9-10,12H2,(H,18,19,20). The van der Waals surface area contributed by atoms with Gasteiger partial charge in [0.15, 0.2) is 0 Å². The van der Waals surface area contributed by atoms with Gasteiger partial charge in [-0.1, -0.05) is 28.1 Å². The summed E-state index contributed by atoms with van der Waals surface area (Å²) >= 11 is 3.57. The lowest BCUT2D eigenvalue weighted by Crippen LogP contribution is -2.40. The van der Waals surface area contributed by atoms with Crippen LogP contribution in [-0.2, 0) is 10.2 Å². The maximum Gasteiger partial charge on any atom is 0.222 e. The molecule has 0 spiro atoms. The number of hydrogen-bond donors (Lipinski definition) is 1. The Morgan fingerprint density at radius 2 is 1.90 bits per heavy atom. The Labute approximate surface area is 133 Å². The summed E-state index contributed by atoms with van der Waals surface area (Å²) in [6.07, 6.45) is 5.52. The molecule has 5 heteroatoms. The number of benzene rings is 1. The number of hydrogen-bond acceptors (Lipinski definition) is 4. The third-order valence-electron chi connectivity index (χ3n) is 4.04. The van der Waals surface area contributed by atoms with Gasteiger partial charge in [-0.25, -0.2) is 9.97 Å². The molecule has 0 amide bonds. The third-order valence-corrected chi connectivity index (χ3v) is 4.53. The largest absolute Gasteiger partial charge is 0.381 e. The molecule has 1 aromatic heterocycles. The van der Waals surface area contributed by atoms with E-state index in [9.17, 15) is 0 Å². The molecule has 0 aliphatic carbocycles. The molecule has 1 fully saturated rings. The first-order valence-corrected chi connectivity index (χ1v) is 7.93. The number of anilines is 1. The van der Waals surface area contributed by atoms with Crippen molar-refractivity contribution in [1.29, 1.82) is 0 Å². The molecule has 110 valence electrons. The Balaban J connectivity index is 1.83. The zero-order valence-electron chi connectivity index (χ0n) is 11.8. The minimum absolute atomic E-state index is 0.0707. The summed E-state index contributed by atoms with van der Waals surface area (Å²) in [7, 11) is 0. The third kappa shape index (κ3) is 3.41.